The number of thiophene rings is 1. The second-order valence-electron chi connectivity index (χ2n) is 5.99. The Hall–Kier alpha value is -2.63. The zero-order valence-electron chi connectivity index (χ0n) is 13.7. The minimum absolute atomic E-state index is 0.0000669. The van der Waals surface area contributed by atoms with Crippen molar-refractivity contribution in [1.29, 1.82) is 0 Å². The van der Waals surface area contributed by atoms with E-state index in [0.717, 1.165) is 17.7 Å². The average Bonchev–Trinajstić information content (AvgIpc) is 3.31. The predicted octanol–water partition coefficient (Wildman–Crippen LogP) is 4.86. The normalized spacial score (nSPS) is 12.7. The molecule has 130 valence electrons. The van der Waals surface area contributed by atoms with Crippen LogP contribution in [0.15, 0.2) is 60.0 Å². The lowest BCUT2D eigenvalue weighted by atomic mass is 10.1. The van der Waals surface area contributed by atoms with Crippen molar-refractivity contribution in [2.75, 3.05) is 16.8 Å². The van der Waals surface area contributed by atoms with Gasteiger partial charge in [-0.25, -0.2) is 0 Å². The van der Waals surface area contributed by atoms with Crippen LogP contribution in [-0.4, -0.2) is 18.4 Å². The Labute approximate surface area is 160 Å². The molecule has 3 aromatic rings. The SMILES string of the molecule is O=C(Nc1ccc2c(c1)N(C(=O)c1cccs1)CC2)c1ccc(Cl)cc1. The van der Waals surface area contributed by atoms with Gasteiger partial charge < -0.3 is 10.2 Å². The van der Waals surface area contributed by atoms with Crippen molar-refractivity contribution < 1.29 is 9.59 Å². The molecule has 1 aliphatic rings. The summed E-state index contributed by atoms with van der Waals surface area (Å²) in [6, 6.07) is 16.1. The predicted molar refractivity (Wildman–Crippen MR) is 106 cm³/mol. The molecular weight excluding hydrogens is 368 g/mol. The van der Waals surface area contributed by atoms with Crippen LogP contribution in [0.2, 0.25) is 5.02 Å². The lowest BCUT2D eigenvalue weighted by molar-refractivity contribution is 0.0991. The molecule has 6 heteroatoms. The van der Waals surface area contributed by atoms with Crippen molar-refractivity contribution in [2.24, 2.45) is 0 Å². The Kier molecular flexibility index (Phi) is 4.49. The van der Waals surface area contributed by atoms with Gasteiger partial charge in [0.05, 0.1) is 4.88 Å². The van der Waals surface area contributed by atoms with Gasteiger partial charge in [-0.1, -0.05) is 23.7 Å². The van der Waals surface area contributed by atoms with Crippen molar-refractivity contribution in [3.63, 3.8) is 0 Å². The number of hydrogen-bond acceptors (Lipinski definition) is 3. The molecule has 26 heavy (non-hydrogen) atoms. The molecule has 2 aromatic carbocycles. The fourth-order valence-electron chi connectivity index (χ4n) is 3.01. The van der Waals surface area contributed by atoms with E-state index in [9.17, 15) is 9.59 Å². The maximum Gasteiger partial charge on any atom is 0.268 e. The first kappa shape index (κ1) is 16.8. The molecule has 0 bridgehead atoms. The summed E-state index contributed by atoms with van der Waals surface area (Å²) >= 11 is 7.29. The number of hydrogen-bond donors (Lipinski definition) is 1. The molecule has 0 aliphatic carbocycles. The second kappa shape index (κ2) is 6.94. The first-order chi connectivity index (χ1) is 12.6. The molecule has 0 radical (unpaired) electrons. The van der Waals surface area contributed by atoms with Gasteiger partial charge >= 0.3 is 0 Å². The minimum Gasteiger partial charge on any atom is -0.322 e. The summed E-state index contributed by atoms with van der Waals surface area (Å²) in [7, 11) is 0. The molecule has 0 atom stereocenters. The number of anilines is 2. The minimum atomic E-state index is -0.212. The van der Waals surface area contributed by atoms with E-state index >= 15 is 0 Å². The molecule has 2 heterocycles. The smallest absolute Gasteiger partial charge is 0.268 e. The van der Waals surface area contributed by atoms with Crippen LogP contribution < -0.4 is 10.2 Å². The summed E-state index contributed by atoms with van der Waals surface area (Å²) in [5.74, 6) is -0.212. The van der Waals surface area contributed by atoms with Gasteiger partial charge in [-0.2, -0.15) is 0 Å². The first-order valence-corrected chi connectivity index (χ1v) is 9.43. The molecule has 2 amide bonds. The van der Waals surface area contributed by atoms with Crippen LogP contribution in [0.4, 0.5) is 11.4 Å². The van der Waals surface area contributed by atoms with E-state index in [1.54, 1.807) is 29.2 Å². The topological polar surface area (TPSA) is 49.4 Å². The molecule has 1 aromatic heterocycles. The summed E-state index contributed by atoms with van der Waals surface area (Å²) < 4.78 is 0. The van der Waals surface area contributed by atoms with Gasteiger partial charge in [0.2, 0.25) is 0 Å². The third kappa shape index (κ3) is 3.23. The fraction of sp³-hybridized carbons (Fsp3) is 0.100. The molecule has 0 fully saturated rings. The van der Waals surface area contributed by atoms with Crippen molar-refractivity contribution in [2.45, 2.75) is 6.42 Å². The number of benzene rings is 2. The number of carbonyl (C=O) groups is 2. The van der Waals surface area contributed by atoms with Gasteiger partial charge in [-0.3, -0.25) is 9.59 Å². The highest BCUT2D eigenvalue weighted by atomic mass is 35.5. The molecule has 1 N–H and O–H groups in total. The highest BCUT2D eigenvalue weighted by molar-refractivity contribution is 7.12. The molecule has 0 saturated carbocycles. The molecule has 4 rings (SSSR count). The summed E-state index contributed by atoms with van der Waals surface area (Å²) in [5, 5.41) is 5.37. The highest BCUT2D eigenvalue weighted by Crippen LogP contribution is 2.32. The Morgan fingerprint density at radius 3 is 2.62 bits per heavy atom. The Morgan fingerprint density at radius 1 is 1.08 bits per heavy atom. The molecule has 4 nitrogen and oxygen atoms in total. The maximum atomic E-state index is 12.7. The molecule has 0 saturated heterocycles. The number of halogens is 1. The van der Waals surface area contributed by atoms with Crippen molar-refractivity contribution in [3.8, 4) is 0 Å². The molecule has 0 spiro atoms. The van der Waals surface area contributed by atoms with E-state index < -0.39 is 0 Å². The summed E-state index contributed by atoms with van der Waals surface area (Å²) in [6.07, 6.45) is 0.817. The highest BCUT2D eigenvalue weighted by Gasteiger charge is 2.26. The second-order valence-corrected chi connectivity index (χ2v) is 7.37. The number of amides is 2. The Bertz CT molecular complexity index is 968. The third-order valence-electron chi connectivity index (χ3n) is 4.32. The summed E-state index contributed by atoms with van der Waals surface area (Å²) in [6.45, 7) is 0.653. The number of carbonyl (C=O) groups excluding carboxylic acids is 2. The molecule has 1 aliphatic heterocycles. The average molecular weight is 383 g/mol. The fourth-order valence-corrected chi connectivity index (χ4v) is 3.80. The van der Waals surface area contributed by atoms with Crippen LogP contribution >= 0.6 is 22.9 Å². The quantitative estimate of drug-likeness (QED) is 0.703. The van der Waals surface area contributed by atoms with Crippen LogP contribution in [0.1, 0.15) is 25.6 Å². The van der Waals surface area contributed by atoms with E-state index in [4.69, 9.17) is 11.6 Å². The van der Waals surface area contributed by atoms with Crippen molar-refractivity contribution in [3.05, 3.63) is 81.0 Å². The van der Waals surface area contributed by atoms with Crippen molar-refractivity contribution >= 4 is 46.1 Å². The largest absolute Gasteiger partial charge is 0.322 e. The third-order valence-corrected chi connectivity index (χ3v) is 5.43. The lowest BCUT2D eigenvalue weighted by Gasteiger charge is -2.17. The Balaban J connectivity index is 1.57. The standard InChI is InChI=1S/C20H15ClN2O2S/c21-15-6-3-14(4-7-15)19(24)22-16-8-5-13-9-10-23(17(13)12-16)20(25)18-2-1-11-26-18/h1-8,11-12H,9-10H2,(H,22,24). The van der Waals surface area contributed by atoms with E-state index in [1.165, 1.54) is 11.3 Å². The number of fused-ring (bicyclic) bond motifs is 1. The zero-order valence-corrected chi connectivity index (χ0v) is 15.3. The number of rotatable bonds is 3. The molecular formula is C20H15ClN2O2S. The van der Waals surface area contributed by atoms with Gasteiger partial charge in [0.25, 0.3) is 11.8 Å². The van der Waals surface area contributed by atoms with Crippen LogP contribution in [0.3, 0.4) is 0 Å². The van der Waals surface area contributed by atoms with Crippen LogP contribution in [-0.2, 0) is 6.42 Å². The van der Waals surface area contributed by atoms with Gasteiger partial charge in [0, 0.05) is 28.5 Å². The van der Waals surface area contributed by atoms with E-state index in [0.29, 0.717) is 27.7 Å². The number of nitrogens with zero attached hydrogens (tertiary/aromatic N) is 1. The van der Waals surface area contributed by atoms with Crippen molar-refractivity contribution in [1.82, 2.24) is 0 Å². The Morgan fingerprint density at radius 2 is 1.88 bits per heavy atom. The van der Waals surface area contributed by atoms with Gasteiger partial charge in [-0.15, -0.1) is 11.3 Å². The van der Waals surface area contributed by atoms with Crippen LogP contribution in [0.25, 0.3) is 0 Å². The number of nitrogens with one attached hydrogen (secondary N) is 1. The monoisotopic (exact) mass is 382 g/mol. The first-order valence-electron chi connectivity index (χ1n) is 8.17. The van der Waals surface area contributed by atoms with E-state index in [-0.39, 0.29) is 11.8 Å². The van der Waals surface area contributed by atoms with Gasteiger partial charge in [0.15, 0.2) is 0 Å². The zero-order chi connectivity index (χ0) is 18.1. The van der Waals surface area contributed by atoms with E-state index in [1.807, 2.05) is 35.7 Å². The van der Waals surface area contributed by atoms with Gasteiger partial charge in [-0.05, 0) is 59.8 Å². The van der Waals surface area contributed by atoms with Gasteiger partial charge in [0.1, 0.15) is 0 Å². The maximum absolute atomic E-state index is 12.7. The lowest BCUT2D eigenvalue weighted by Crippen LogP contribution is -2.28. The summed E-state index contributed by atoms with van der Waals surface area (Å²) in [5.41, 5.74) is 3.16. The molecule has 0 unspecified atom stereocenters. The van der Waals surface area contributed by atoms with E-state index in [2.05, 4.69) is 5.32 Å². The van der Waals surface area contributed by atoms with Crippen LogP contribution in [0.5, 0.6) is 0 Å². The summed E-state index contributed by atoms with van der Waals surface area (Å²) in [4.78, 5) is 27.6. The van der Waals surface area contributed by atoms with Crippen LogP contribution in [0, 0.1) is 0 Å².